The van der Waals surface area contributed by atoms with Crippen molar-refractivity contribution in [3.8, 4) is 0 Å². The van der Waals surface area contributed by atoms with E-state index in [4.69, 9.17) is 14.2 Å². The summed E-state index contributed by atoms with van der Waals surface area (Å²) in [5.41, 5.74) is 0. The molecule has 1 fully saturated rings. The molecule has 6 heteroatoms. The van der Waals surface area contributed by atoms with Crippen LogP contribution in [-0.2, 0) is 23.8 Å². The summed E-state index contributed by atoms with van der Waals surface area (Å²) < 4.78 is 15.7. The van der Waals surface area contributed by atoms with Gasteiger partial charge in [-0.3, -0.25) is 9.59 Å². The average molecular weight is 245 g/mol. The van der Waals surface area contributed by atoms with Crippen molar-refractivity contribution in [2.24, 2.45) is 0 Å². The molecule has 1 rings (SSSR count). The van der Waals surface area contributed by atoms with E-state index in [1.807, 2.05) is 0 Å². The van der Waals surface area contributed by atoms with Gasteiger partial charge in [-0.1, -0.05) is 0 Å². The van der Waals surface area contributed by atoms with Crippen molar-refractivity contribution in [2.75, 3.05) is 7.11 Å². The van der Waals surface area contributed by atoms with Crippen molar-refractivity contribution in [3.63, 3.8) is 0 Å². The number of rotatable bonds is 4. The highest BCUT2D eigenvalue weighted by Gasteiger charge is 2.40. The van der Waals surface area contributed by atoms with E-state index in [9.17, 15) is 9.59 Å². The molecule has 0 spiro atoms. The Hall–Kier alpha value is -1.14. The van der Waals surface area contributed by atoms with Gasteiger partial charge in [-0.25, -0.2) is 0 Å². The second-order valence-electron chi connectivity index (χ2n) is 4.12. The number of amides is 1. The maximum absolute atomic E-state index is 11.1. The van der Waals surface area contributed by atoms with Crippen molar-refractivity contribution >= 4 is 11.9 Å². The minimum absolute atomic E-state index is 0.143. The molecule has 1 saturated heterocycles. The van der Waals surface area contributed by atoms with E-state index in [1.165, 1.54) is 21.0 Å². The van der Waals surface area contributed by atoms with Gasteiger partial charge in [0.15, 0.2) is 6.29 Å². The zero-order valence-corrected chi connectivity index (χ0v) is 10.6. The van der Waals surface area contributed by atoms with Crippen LogP contribution in [0.4, 0.5) is 0 Å². The molecular formula is C11H19NO5. The van der Waals surface area contributed by atoms with Gasteiger partial charge in [0.2, 0.25) is 5.91 Å². The molecule has 0 unspecified atom stereocenters. The van der Waals surface area contributed by atoms with Gasteiger partial charge in [0.1, 0.15) is 12.2 Å². The van der Waals surface area contributed by atoms with Crippen LogP contribution >= 0.6 is 0 Å². The van der Waals surface area contributed by atoms with Crippen LogP contribution in [0.1, 0.15) is 27.2 Å². The molecule has 0 saturated carbocycles. The van der Waals surface area contributed by atoms with E-state index >= 15 is 0 Å². The minimum atomic E-state index is -0.426. The van der Waals surface area contributed by atoms with Crippen LogP contribution in [0.2, 0.25) is 0 Å². The van der Waals surface area contributed by atoms with Crippen molar-refractivity contribution < 1.29 is 23.8 Å². The lowest BCUT2D eigenvalue weighted by atomic mass is 10.1. The van der Waals surface area contributed by atoms with Crippen molar-refractivity contribution in [1.82, 2.24) is 5.32 Å². The second-order valence-corrected chi connectivity index (χ2v) is 4.12. The summed E-state index contributed by atoms with van der Waals surface area (Å²) in [6.07, 6.45) is -0.640. The summed E-state index contributed by atoms with van der Waals surface area (Å²) in [7, 11) is 1.54. The molecule has 0 aliphatic carbocycles. The summed E-state index contributed by atoms with van der Waals surface area (Å²) in [5, 5.41) is 2.78. The highest BCUT2D eigenvalue weighted by molar-refractivity contribution is 5.73. The first kappa shape index (κ1) is 13.9. The molecule has 4 atom stereocenters. The number of hydrogen-bond donors (Lipinski definition) is 1. The van der Waals surface area contributed by atoms with Crippen molar-refractivity contribution in [1.29, 1.82) is 0 Å². The zero-order chi connectivity index (χ0) is 13.0. The van der Waals surface area contributed by atoms with Crippen LogP contribution in [0.15, 0.2) is 0 Å². The Bertz CT molecular complexity index is 294. The lowest BCUT2D eigenvalue weighted by Crippen LogP contribution is -2.45. The summed E-state index contributed by atoms with van der Waals surface area (Å²) in [4.78, 5) is 22.0. The van der Waals surface area contributed by atoms with Crippen LogP contribution in [0.5, 0.6) is 0 Å². The molecule has 1 amide bonds. The molecule has 0 bridgehead atoms. The first-order chi connectivity index (χ1) is 7.93. The fourth-order valence-electron chi connectivity index (χ4n) is 1.99. The number of carbonyl (C=O) groups excluding carboxylic acids is 2. The molecule has 6 nitrogen and oxygen atoms in total. The molecule has 0 aromatic carbocycles. The summed E-state index contributed by atoms with van der Waals surface area (Å²) in [6.45, 7) is 4.51. The quantitative estimate of drug-likeness (QED) is 0.716. The molecule has 0 aromatic heterocycles. The zero-order valence-electron chi connectivity index (χ0n) is 10.6. The third kappa shape index (κ3) is 3.98. The number of nitrogens with one attached hydrogen (secondary N) is 1. The SMILES string of the molecule is CO[C@@H]1C[C@H](NC(C)=O)[C@@H]([C@@H](C)OC(C)=O)O1. The van der Waals surface area contributed by atoms with E-state index in [0.717, 1.165) is 0 Å². The van der Waals surface area contributed by atoms with Crippen LogP contribution in [-0.4, -0.2) is 43.5 Å². The Balaban J connectivity index is 2.65. The smallest absolute Gasteiger partial charge is 0.302 e. The topological polar surface area (TPSA) is 73.9 Å². The van der Waals surface area contributed by atoms with E-state index in [2.05, 4.69) is 5.32 Å². The van der Waals surface area contributed by atoms with Crippen molar-refractivity contribution in [3.05, 3.63) is 0 Å². The highest BCUT2D eigenvalue weighted by Crippen LogP contribution is 2.24. The maximum Gasteiger partial charge on any atom is 0.302 e. The Labute approximate surface area is 101 Å². The molecule has 1 heterocycles. The lowest BCUT2D eigenvalue weighted by molar-refractivity contribution is -0.166. The van der Waals surface area contributed by atoms with Gasteiger partial charge in [-0.05, 0) is 6.92 Å². The summed E-state index contributed by atoms with van der Waals surface area (Å²) in [5.74, 6) is -0.515. The van der Waals surface area contributed by atoms with Gasteiger partial charge >= 0.3 is 5.97 Å². The van der Waals surface area contributed by atoms with Crippen LogP contribution in [0.3, 0.4) is 0 Å². The van der Waals surface area contributed by atoms with Gasteiger partial charge in [0.25, 0.3) is 0 Å². The normalized spacial score (nSPS) is 29.8. The van der Waals surface area contributed by atoms with E-state index in [0.29, 0.717) is 6.42 Å². The number of hydrogen-bond acceptors (Lipinski definition) is 5. The van der Waals surface area contributed by atoms with Gasteiger partial charge in [-0.15, -0.1) is 0 Å². The van der Waals surface area contributed by atoms with E-state index in [-0.39, 0.29) is 30.3 Å². The number of ether oxygens (including phenoxy) is 3. The molecule has 17 heavy (non-hydrogen) atoms. The predicted molar refractivity (Wildman–Crippen MR) is 59.1 cm³/mol. The third-order valence-corrected chi connectivity index (χ3v) is 2.62. The standard InChI is InChI=1S/C11H19NO5/c1-6(16-8(3)14)11-9(12-7(2)13)5-10(15-4)17-11/h6,9-11H,5H2,1-4H3,(H,12,13)/t6-,9+,10+,11-/m1/s1. The number of methoxy groups -OCH3 is 1. The van der Waals surface area contributed by atoms with Gasteiger partial charge in [-0.2, -0.15) is 0 Å². The molecule has 1 aliphatic heterocycles. The lowest BCUT2D eigenvalue weighted by Gasteiger charge is -2.24. The number of esters is 1. The molecule has 1 N–H and O–H groups in total. The first-order valence-electron chi connectivity index (χ1n) is 5.56. The second kappa shape index (κ2) is 5.97. The Morgan fingerprint density at radius 1 is 1.41 bits per heavy atom. The summed E-state index contributed by atoms with van der Waals surface area (Å²) >= 11 is 0. The van der Waals surface area contributed by atoms with Crippen molar-refractivity contribution in [2.45, 2.75) is 51.7 Å². The van der Waals surface area contributed by atoms with E-state index in [1.54, 1.807) is 6.92 Å². The Morgan fingerprint density at radius 3 is 2.53 bits per heavy atom. The van der Waals surface area contributed by atoms with Gasteiger partial charge in [0.05, 0.1) is 6.04 Å². The largest absolute Gasteiger partial charge is 0.460 e. The predicted octanol–water partition coefficient (Wildman–Crippen LogP) is 0.204. The molecular weight excluding hydrogens is 226 g/mol. The Kier molecular flexibility index (Phi) is 4.89. The highest BCUT2D eigenvalue weighted by atomic mass is 16.7. The maximum atomic E-state index is 11.1. The minimum Gasteiger partial charge on any atom is -0.460 e. The first-order valence-corrected chi connectivity index (χ1v) is 5.56. The monoisotopic (exact) mass is 245 g/mol. The van der Waals surface area contributed by atoms with Crippen LogP contribution < -0.4 is 5.32 Å². The Morgan fingerprint density at radius 2 is 2.06 bits per heavy atom. The average Bonchev–Trinajstić information content (AvgIpc) is 2.59. The molecule has 0 aromatic rings. The summed E-state index contributed by atoms with van der Waals surface area (Å²) in [6, 6.07) is -0.202. The third-order valence-electron chi connectivity index (χ3n) is 2.62. The fraction of sp³-hybridized carbons (Fsp3) is 0.818. The fourth-order valence-corrected chi connectivity index (χ4v) is 1.99. The van der Waals surface area contributed by atoms with Gasteiger partial charge < -0.3 is 19.5 Å². The molecule has 98 valence electrons. The molecule has 1 aliphatic rings. The van der Waals surface area contributed by atoms with Gasteiger partial charge in [0, 0.05) is 27.4 Å². The van der Waals surface area contributed by atoms with E-state index < -0.39 is 6.10 Å². The van der Waals surface area contributed by atoms with Crippen LogP contribution in [0.25, 0.3) is 0 Å². The number of carbonyl (C=O) groups is 2. The van der Waals surface area contributed by atoms with Crippen LogP contribution in [0, 0.1) is 0 Å². The molecule has 0 radical (unpaired) electrons.